The first-order chi connectivity index (χ1) is 9.16. The average molecular weight is 262 g/mol. The molecule has 0 radical (unpaired) electrons. The Kier molecular flexibility index (Phi) is 3.91. The van der Waals surface area contributed by atoms with Gasteiger partial charge in [0.2, 0.25) is 5.82 Å². The molecular weight excluding hydrogens is 248 g/mol. The molecule has 3 N–H and O–H groups in total. The number of aromatic nitrogens is 3. The summed E-state index contributed by atoms with van der Waals surface area (Å²) in [4.78, 5) is 14.3. The molecule has 0 amide bonds. The van der Waals surface area contributed by atoms with Crippen molar-refractivity contribution in [1.29, 1.82) is 0 Å². The fourth-order valence-electron chi connectivity index (χ4n) is 1.62. The van der Waals surface area contributed by atoms with Crippen LogP contribution in [0, 0.1) is 10.1 Å². The number of pyridine rings is 1. The zero-order valence-electron chi connectivity index (χ0n) is 10.2. The zero-order valence-corrected chi connectivity index (χ0v) is 10.2. The van der Waals surface area contributed by atoms with Gasteiger partial charge in [-0.1, -0.05) is 0 Å². The first-order valence-electron chi connectivity index (χ1n) is 5.79. The average Bonchev–Trinajstić information content (AvgIpc) is 2.87. The molecule has 0 aliphatic heterocycles. The molecule has 2 aromatic rings. The maximum Gasteiger partial charge on any atom is 0.311 e. The molecule has 8 heteroatoms. The molecule has 0 atom stereocenters. The minimum Gasteiger partial charge on any atom is -0.384 e. The summed E-state index contributed by atoms with van der Waals surface area (Å²) < 4.78 is 1.79. The Morgan fingerprint density at radius 2 is 2.32 bits per heavy atom. The van der Waals surface area contributed by atoms with Crippen LogP contribution in [0.4, 0.5) is 17.3 Å². The van der Waals surface area contributed by atoms with Crippen LogP contribution >= 0.6 is 0 Å². The highest BCUT2D eigenvalue weighted by Crippen LogP contribution is 2.22. The van der Waals surface area contributed by atoms with E-state index in [1.54, 1.807) is 10.9 Å². The summed E-state index contributed by atoms with van der Waals surface area (Å²) in [6, 6.07) is 4.60. The first kappa shape index (κ1) is 12.8. The van der Waals surface area contributed by atoms with Crippen molar-refractivity contribution < 1.29 is 4.92 Å². The number of nitrogens with zero attached hydrogens (tertiary/aromatic N) is 4. The fraction of sp³-hybridized carbons (Fsp3) is 0.273. The monoisotopic (exact) mass is 262 g/mol. The van der Waals surface area contributed by atoms with Gasteiger partial charge in [0, 0.05) is 31.5 Å². The van der Waals surface area contributed by atoms with Crippen molar-refractivity contribution in [3.8, 4) is 0 Å². The molecule has 0 unspecified atom stereocenters. The number of anilines is 2. The van der Waals surface area contributed by atoms with Crippen LogP contribution < -0.4 is 11.1 Å². The quantitative estimate of drug-likeness (QED) is 0.460. The summed E-state index contributed by atoms with van der Waals surface area (Å²) in [5.41, 5.74) is 5.45. The van der Waals surface area contributed by atoms with Gasteiger partial charge in [-0.3, -0.25) is 14.8 Å². The van der Waals surface area contributed by atoms with E-state index < -0.39 is 4.92 Å². The Morgan fingerprint density at radius 3 is 3.00 bits per heavy atom. The van der Waals surface area contributed by atoms with Crippen molar-refractivity contribution in [3.63, 3.8) is 0 Å². The molecule has 2 heterocycles. The lowest BCUT2D eigenvalue weighted by Gasteiger charge is -2.07. The molecule has 100 valence electrons. The van der Waals surface area contributed by atoms with E-state index in [4.69, 9.17) is 5.73 Å². The molecule has 8 nitrogen and oxygen atoms in total. The second-order valence-electron chi connectivity index (χ2n) is 3.91. The van der Waals surface area contributed by atoms with Gasteiger partial charge in [0.1, 0.15) is 5.82 Å². The maximum atomic E-state index is 10.8. The molecule has 0 fully saturated rings. The highest BCUT2D eigenvalue weighted by atomic mass is 16.6. The molecular formula is C11H14N6O2. The number of aryl methyl sites for hydroxylation is 1. The molecule has 0 aromatic carbocycles. The van der Waals surface area contributed by atoms with Crippen molar-refractivity contribution in [2.24, 2.45) is 0 Å². The third-order valence-corrected chi connectivity index (χ3v) is 2.51. The van der Waals surface area contributed by atoms with Crippen molar-refractivity contribution in [2.75, 3.05) is 17.6 Å². The smallest absolute Gasteiger partial charge is 0.311 e. The van der Waals surface area contributed by atoms with Gasteiger partial charge in [-0.05, 0) is 18.6 Å². The number of nitrogen functional groups attached to an aromatic ring is 1. The van der Waals surface area contributed by atoms with E-state index >= 15 is 0 Å². The van der Waals surface area contributed by atoms with Crippen molar-refractivity contribution in [3.05, 3.63) is 40.7 Å². The molecule has 0 aliphatic carbocycles. The number of nitro groups is 1. The SMILES string of the molecule is Nc1ccc([N+](=O)[O-])c(NCCCn2cccn2)n1. The van der Waals surface area contributed by atoms with Gasteiger partial charge in [0.25, 0.3) is 0 Å². The summed E-state index contributed by atoms with van der Waals surface area (Å²) in [5.74, 6) is 0.450. The van der Waals surface area contributed by atoms with Gasteiger partial charge < -0.3 is 11.1 Å². The molecule has 19 heavy (non-hydrogen) atoms. The Labute approximate surface area is 109 Å². The molecule has 0 saturated heterocycles. The molecule has 0 aliphatic rings. The normalized spacial score (nSPS) is 10.3. The first-order valence-corrected chi connectivity index (χ1v) is 5.79. The lowest BCUT2D eigenvalue weighted by atomic mass is 10.3. The summed E-state index contributed by atoms with van der Waals surface area (Å²) in [7, 11) is 0. The van der Waals surface area contributed by atoms with Crippen molar-refractivity contribution in [2.45, 2.75) is 13.0 Å². The van der Waals surface area contributed by atoms with Crippen molar-refractivity contribution >= 4 is 17.3 Å². The van der Waals surface area contributed by atoms with E-state index in [-0.39, 0.29) is 17.3 Å². The number of nitrogens with two attached hydrogens (primary N) is 1. The minimum absolute atomic E-state index is 0.0757. The number of hydrogen-bond donors (Lipinski definition) is 2. The van der Waals surface area contributed by atoms with E-state index in [9.17, 15) is 10.1 Å². The Balaban J connectivity index is 1.91. The van der Waals surface area contributed by atoms with E-state index in [0.29, 0.717) is 6.54 Å². The number of rotatable bonds is 6. The van der Waals surface area contributed by atoms with Crippen LogP contribution in [-0.4, -0.2) is 26.2 Å². The third kappa shape index (κ3) is 3.41. The Hall–Kier alpha value is -2.64. The van der Waals surface area contributed by atoms with Crippen LogP contribution in [0.5, 0.6) is 0 Å². The number of nitrogens with one attached hydrogen (secondary N) is 1. The standard InChI is InChI=1S/C11H14N6O2/c12-10-4-3-9(17(18)19)11(15-10)13-5-1-7-16-8-2-6-14-16/h2-4,6,8H,1,5,7H2,(H3,12,13,15). The van der Waals surface area contributed by atoms with Crippen LogP contribution in [-0.2, 0) is 6.54 Å². The van der Waals surface area contributed by atoms with E-state index in [0.717, 1.165) is 13.0 Å². The third-order valence-electron chi connectivity index (χ3n) is 2.51. The van der Waals surface area contributed by atoms with Gasteiger partial charge in [-0.2, -0.15) is 5.10 Å². The second kappa shape index (κ2) is 5.80. The molecule has 0 bridgehead atoms. The van der Waals surface area contributed by atoms with Crippen LogP contribution in [0.3, 0.4) is 0 Å². The Morgan fingerprint density at radius 1 is 1.47 bits per heavy atom. The predicted octanol–water partition coefficient (Wildman–Crippen LogP) is 1.27. The minimum atomic E-state index is -0.484. The summed E-state index contributed by atoms with van der Waals surface area (Å²) in [5, 5.41) is 17.8. The van der Waals surface area contributed by atoms with Crippen LogP contribution in [0.15, 0.2) is 30.6 Å². The van der Waals surface area contributed by atoms with Crippen molar-refractivity contribution in [1.82, 2.24) is 14.8 Å². The summed E-state index contributed by atoms with van der Waals surface area (Å²) in [6.07, 6.45) is 4.34. The highest BCUT2D eigenvalue weighted by molar-refractivity contribution is 5.59. The largest absolute Gasteiger partial charge is 0.384 e. The molecule has 0 saturated carbocycles. The van der Waals surface area contributed by atoms with Gasteiger partial charge in [0.15, 0.2) is 0 Å². The fourth-order valence-corrected chi connectivity index (χ4v) is 1.62. The van der Waals surface area contributed by atoms with Crippen LogP contribution in [0.1, 0.15) is 6.42 Å². The van der Waals surface area contributed by atoms with Crippen LogP contribution in [0.2, 0.25) is 0 Å². The van der Waals surface area contributed by atoms with Gasteiger partial charge in [-0.25, -0.2) is 4.98 Å². The van der Waals surface area contributed by atoms with E-state index in [1.807, 2.05) is 12.3 Å². The topological polar surface area (TPSA) is 112 Å². The summed E-state index contributed by atoms with van der Waals surface area (Å²) >= 11 is 0. The number of hydrogen-bond acceptors (Lipinski definition) is 6. The van der Waals surface area contributed by atoms with Gasteiger partial charge in [0.05, 0.1) is 4.92 Å². The second-order valence-corrected chi connectivity index (χ2v) is 3.91. The van der Waals surface area contributed by atoms with E-state index in [2.05, 4.69) is 15.4 Å². The molecule has 0 spiro atoms. The van der Waals surface area contributed by atoms with Gasteiger partial charge in [-0.15, -0.1) is 0 Å². The lowest BCUT2D eigenvalue weighted by Crippen LogP contribution is -2.10. The van der Waals surface area contributed by atoms with Gasteiger partial charge >= 0.3 is 5.69 Å². The lowest BCUT2D eigenvalue weighted by molar-refractivity contribution is -0.384. The maximum absolute atomic E-state index is 10.8. The Bertz CT molecular complexity index is 554. The predicted molar refractivity (Wildman–Crippen MR) is 70.6 cm³/mol. The summed E-state index contributed by atoms with van der Waals surface area (Å²) in [6.45, 7) is 1.28. The highest BCUT2D eigenvalue weighted by Gasteiger charge is 2.14. The zero-order chi connectivity index (χ0) is 13.7. The molecule has 2 aromatic heterocycles. The van der Waals surface area contributed by atoms with E-state index in [1.165, 1.54) is 12.1 Å². The van der Waals surface area contributed by atoms with Crippen LogP contribution in [0.25, 0.3) is 0 Å². The molecule has 2 rings (SSSR count).